The molecule has 0 aliphatic rings. The maximum absolute atomic E-state index is 12.3. The first-order valence-electron chi connectivity index (χ1n) is 8.08. The number of hydrazine groups is 1. The third-order valence-electron chi connectivity index (χ3n) is 3.83. The number of hydrogen-bond acceptors (Lipinski definition) is 4. The van der Waals surface area contributed by atoms with Gasteiger partial charge in [0.25, 0.3) is 11.8 Å². The van der Waals surface area contributed by atoms with Crippen LogP contribution in [0.2, 0.25) is 0 Å². The predicted molar refractivity (Wildman–Crippen MR) is 97.8 cm³/mol. The van der Waals surface area contributed by atoms with Crippen molar-refractivity contribution in [3.63, 3.8) is 0 Å². The molecule has 1 unspecified atom stereocenters. The van der Waals surface area contributed by atoms with E-state index in [0.717, 1.165) is 10.8 Å². The molecule has 6 heteroatoms. The van der Waals surface area contributed by atoms with Crippen LogP contribution in [0.3, 0.4) is 0 Å². The van der Waals surface area contributed by atoms with E-state index in [1.54, 1.807) is 37.3 Å². The quantitative estimate of drug-likeness (QED) is 0.632. The molecule has 6 nitrogen and oxygen atoms in total. The number of aromatic hydroxyl groups is 1. The Morgan fingerprint density at radius 2 is 1.54 bits per heavy atom. The van der Waals surface area contributed by atoms with Crippen molar-refractivity contribution >= 4 is 22.6 Å². The fourth-order valence-corrected chi connectivity index (χ4v) is 2.45. The molecule has 132 valence electrons. The number of phenols is 1. The van der Waals surface area contributed by atoms with Crippen molar-refractivity contribution in [3.05, 3.63) is 72.3 Å². The van der Waals surface area contributed by atoms with E-state index in [-0.39, 0.29) is 11.3 Å². The minimum atomic E-state index is -0.803. The zero-order chi connectivity index (χ0) is 18.5. The van der Waals surface area contributed by atoms with Crippen LogP contribution < -0.4 is 15.6 Å². The summed E-state index contributed by atoms with van der Waals surface area (Å²) < 4.78 is 5.48. The third kappa shape index (κ3) is 3.92. The summed E-state index contributed by atoms with van der Waals surface area (Å²) in [6.07, 6.45) is -0.803. The lowest BCUT2D eigenvalue weighted by atomic mass is 10.1. The van der Waals surface area contributed by atoms with Gasteiger partial charge in [0.15, 0.2) is 6.10 Å². The summed E-state index contributed by atoms with van der Waals surface area (Å²) in [6.45, 7) is 1.57. The van der Waals surface area contributed by atoms with E-state index < -0.39 is 17.9 Å². The molecule has 0 saturated carbocycles. The molecule has 1 atom stereocenters. The van der Waals surface area contributed by atoms with Crippen molar-refractivity contribution in [2.45, 2.75) is 13.0 Å². The molecule has 0 radical (unpaired) electrons. The van der Waals surface area contributed by atoms with Crippen molar-refractivity contribution in [3.8, 4) is 11.5 Å². The number of rotatable bonds is 4. The molecule has 0 saturated heterocycles. The Balaban J connectivity index is 1.63. The number of benzene rings is 3. The topological polar surface area (TPSA) is 87.7 Å². The predicted octanol–water partition coefficient (Wildman–Crippen LogP) is 2.77. The van der Waals surface area contributed by atoms with Crippen molar-refractivity contribution in [1.82, 2.24) is 10.9 Å². The molecule has 0 aromatic heterocycles. The summed E-state index contributed by atoms with van der Waals surface area (Å²) in [5, 5.41) is 11.7. The summed E-state index contributed by atoms with van der Waals surface area (Å²) in [4.78, 5) is 24.3. The molecule has 3 N–H and O–H groups in total. The summed E-state index contributed by atoms with van der Waals surface area (Å²) in [7, 11) is 0. The van der Waals surface area contributed by atoms with Crippen molar-refractivity contribution in [2.75, 3.05) is 0 Å². The lowest BCUT2D eigenvalue weighted by Crippen LogP contribution is -2.47. The van der Waals surface area contributed by atoms with E-state index in [1.807, 2.05) is 30.3 Å². The van der Waals surface area contributed by atoms with E-state index in [1.165, 1.54) is 6.07 Å². The maximum Gasteiger partial charge on any atom is 0.279 e. The summed E-state index contributed by atoms with van der Waals surface area (Å²) in [5.41, 5.74) is 4.66. The SMILES string of the molecule is CC(Oc1ccccc1)C(=O)NNC(=O)c1cc2ccccc2cc1O. The molecule has 3 rings (SSSR count). The highest BCUT2D eigenvalue weighted by Gasteiger charge is 2.17. The smallest absolute Gasteiger partial charge is 0.279 e. The first kappa shape index (κ1) is 17.3. The number of amides is 2. The van der Waals surface area contributed by atoms with Gasteiger partial charge in [0.05, 0.1) is 5.56 Å². The zero-order valence-electron chi connectivity index (χ0n) is 14.1. The Labute approximate surface area is 150 Å². The number of carbonyl (C=O) groups excluding carboxylic acids is 2. The second-order valence-electron chi connectivity index (χ2n) is 5.73. The number of nitrogens with one attached hydrogen (secondary N) is 2. The third-order valence-corrected chi connectivity index (χ3v) is 3.83. The summed E-state index contributed by atoms with van der Waals surface area (Å²) in [6, 6.07) is 19.3. The number of para-hydroxylation sites is 1. The lowest BCUT2D eigenvalue weighted by molar-refractivity contribution is -0.128. The average molecular weight is 350 g/mol. The fraction of sp³-hybridized carbons (Fsp3) is 0.100. The van der Waals surface area contributed by atoms with Gasteiger partial charge in [-0.1, -0.05) is 42.5 Å². The van der Waals surface area contributed by atoms with E-state index in [9.17, 15) is 14.7 Å². The van der Waals surface area contributed by atoms with E-state index in [0.29, 0.717) is 5.75 Å². The van der Waals surface area contributed by atoms with E-state index in [4.69, 9.17) is 4.74 Å². The number of ether oxygens (including phenoxy) is 1. The number of hydrogen-bond donors (Lipinski definition) is 3. The maximum atomic E-state index is 12.3. The molecule has 3 aromatic carbocycles. The Kier molecular flexibility index (Phi) is 5.03. The standard InChI is InChI=1S/C20H18N2O4/c1-13(26-16-9-3-2-4-10-16)19(24)21-22-20(25)17-11-14-7-5-6-8-15(14)12-18(17)23/h2-13,23H,1H3,(H,21,24)(H,22,25). The first-order valence-corrected chi connectivity index (χ1v) is 8.08. The van der Waals surface area contributed by atoms with Crippen molar-refractivity contribution in [2.24, 2.45) is 0 Å². The number of fused-ring (bicyclic) bond motifs is 1. The van der Waals surface area contributed by atoms with Crippen LogP contribution in [0.5, 0.6) is 11.5 Å². The van der Waals surface area contributed by atoms with Gasteiger partial charge in [-0.15, -0.1) is 0 Å². The molecule has 0 aliphatic carbocycles. The van der Waals surface area contributed by atoms with Crippen molar-refractivity contribution in [1.29, 1.82) is 0 Å². The van der Waals surface area contributed by atoms with Crippen LogP contribution in [0.25, 0.3) is 10.8 Å². The van der Waals surface area contributed by atoms with Crippen LogP contribution in [0.4, 0.5) is 0 Å². The van der Waals surface area contributed by atoms with Gasteiger partial charge in [-0.2, -0.15) is 0 Å². The Hall–Kier alpha value is -3.54. The summed E-state index contributed by atoms with van der Waals surface area (Å²) in [5.74, 6) is -0.742. The van der Waals surface area contributed by atoms with Gasteiger partial charge in [0.1, 0.15) is 11.5 Å². The monoisotopic (exact) mass is 350 g/mol. The van der Waals surface area contributed by atoms with Crippen LogP contribution in [-0.4, -0.2) is 23.0 Å². The second-order valence-corrected chi connectivity index (χ2v) is 5.73. The van der Waals surface area contributed by atoms with Gasteiger partial charge in [-0.05, 0) is 42.0 Å². The van der Waals surface area contributed by atoms with Crippen LogP contribution in [-0.2, 0) is 4.79 Å². The van der Waals surface area contributed by atoms with E-state index in [2.05, 4.69) is 10.9 Å². The number of carbonyl (C=O) groups is 2. The minimum Gasteiger partial charge on any atom is -0.507 e. The lowest BCUT2D eigenvalue weighted by Gasteiger charge is -2.15. The van der Waals surface area contributed by atoms with Gasteiger partial charge < -0.3 is 9.84 Å². The molecular formula is C20H18N2O4. The van der Waals surface area contributed by atoms with Gasteiger partial charge in [-0.25, -0.2) is 0 Å². The normalized spacial score (nSPS) is 11.6. The largest absolute Gasteiger partial charge is 0.507 e. The average Bonchev–Trinajstić information content (AvgIpc) is 2.66. The second kappa shape index (κ2) is 7.57. The molecule has 0 bridgehead atoms. The number of phenolic OH excluding ortho intramolecular Hbond substituents is 1. The summed E-state index contributed by atoms with van der Waals surface area (Å²) >= 11 is 0. The van der Waals surface area contributed by atoms with Gasteiger partial charge in [-0.3, -0.25) is 20.4 Å². The highest BCUT2D eigenvalue weighted by atomic mass is 16.5. The van der Waals surface area contributed by atoms with Crippen LogP contribution in [0.15, 0.2) is 66.7 Å². The first-order chi connectivity index (χ1) is 12.5. The fourth-order valence-electron chi connectivity index (χ4n) is 2.45. The Morgan fingerprint density at radius 3 is 2.23 bits per heavy atom. The Morgan fingerprint density at radius 1 is 0.923 bits per heavy atom. The highest BCUT2D eigenvalue weighted by molar-refractivity contribution is 6.02. The molecule has 3 aromatic rings. The van der Waals surface area contributed by atoms with Gasteiger partial charge in [0.2, 0.25) is 0 Å². The molecule has 0 heterocycles. The zero-order valence-corrected chi connectivity index (χ0v) is 14.1. The van der Waals surface area contributed by atoms with Crippen LogP contribution in [0, 0.1) is 0 Å². The Bertz CT molecular complexity index is 941. The molecule has 0 fully saturated rings. The molecule has 2 amide bonds. The minimum absolute atomic E-state index is 0.0700. The van der Waals surface area contributed by atoms with Crippen molar-refractivity contribution < 1.29 is 19.4 Å². The molecule has 26 heavy (non-hydrogen) atoms. The van der Waals surface area contributed by atoms with Crippen LogP contribution in [0.1, 0.15) is 17.3 Å². The molecular weight excluding hydrogens is 332 g/mol. The van der Waals surface area contributed by atoms with Gasteiger partial charge in [0, 0.05) is 0 Å². The van der Waals surface area contributed by atoms with Crippen LogP contribution >= 0.6 is 0 Å². The molecule has 0 aliphatic heterocycles. The highest BCUT2D eigenvalue weighted by Crippen LogP contribution is 2.24. The molecule has 0 spiro atoms. The van der Waals surface area contributed by atoms with E-state index >= 15 is 0 Å². The van der Waals surface area contributed by atoms with Gasteiger partial charge >= 0.3 is 0 Å².